The van der Waals surface area contributed by atoms with Crippen LogP contribution in [-0.2, 0) is 9.59 Å². The lowest BCUT2D eigenvalue weighted by Gasteiger charge is -2.37. The first kappa shape index (κ1) is 14.5. The molecule has 0 aromatic heterocycles. The molecule has 5 aliphatic rings. The third-order valence-corrected chi connectivity index (χ3v) is 6.04. The first-order valence-electron chi connectivity index (χ1n) is 8.41. The molecular formula is C18H15N3O4. The lowest BCUT2D eigenvalue weighted by atomic mass is 9.63. The SMILES string of the molecule is O=C1[C@@H]2[C@H]3C=C[C@@H]([C@@H]4C[C@H]34)[C@@H]2C(=O)N1N=Cc1cccc([N+](=O)[O-])c1. The molecule has 4 aliphatic carbocycles. The molecule has 6 rings (SSSR count). The van der Waals surface area contributed by atoms with Crippen LogP contribution in [0.5, 0.6) is 0 Å². The Kier molecular flexibility index (Phi) is 2.81. The predicted molar refractivity (Wildman–Crippen MR) is 87.2 cm³/mol. The van der Waals surface area contributed by atoms with Gasteiger partial charge in [0.05, 0.1) is 23.0 Å². The molecule has 1 heterocycles. The van der Waals surface area contributed by atoms with Gasteiger partial charge in [-0.25, -0.2) is 0 Å². The van der Waals surface area contributed by atoms with Gasteiger partial charge in [0, 0.05) is 17.7 Å². The largest absolute Gasteiger partial charge is 0.272 e. The van der Waals surface area contributed by atoms with Crippen LogP contribution in [0, 0.1) is 45.6 Å². The zero-order valence-corrected chi connectivity index (χ0v) is 13.2. The molecule has 126 valence electrons. The summed E-state index contributed by atoms with van der Waals surface area (Å²) >= 11 is 0. The van der Waals surface area contributed by atoms with Crippen LogP contribution in [0.25, 0.3) is 0 Å². The first-order valence-corrected chi connectivity index (χ1v) is 8.41. The highest BCUT2D eigenvalue weighted by Gasteiger charge is 2.67. The molecule has 0 radical (unpaired) electrons. The Bertz CT molecular complexity index is 841. The Morgan fingerprint density at radius 1 is 1.12 bits per heavy atom. The number of allylic oxidation sites excluding steroid dienone is 2. The minimum atomic E-state index is -0.492. The van der Waals surface area contributed by atoms with Gasteiger partial charge in [-0.05, 0) is 30.1 Å². The van der Waals surface area contributed by atoms with E-state index in [4.69, 9.17) is 0 Å². The van der Waals surface area contributed by atoms with Crippen LogP contribution >= 0.6 is 0 Å². The number of hydrazone groups is 1. The highest BCUT2D eigenvalue weighted by Crippen LogP contribution is 2.65. The summed E-state index contributed by atoms with van der Waals surface area (Å²) in [6.07, 6.45) is 6.68. The van der Waals surface area contributed by atoms with Crippen molar-refractivity contribution >= 4 is 23.7 Å². The summed E-state index contributed by atoms with van der Waals surface area (Å²) in [5.74, 6) is 0.385. The normalized spacial score (nSPS) is 37.5. The van der Waals surface area contributed by atoms with Crippen LogP contribution in [-0.4, -0.2) is 28.0 Å². The van der Waals surface area contributed by atoms with Gasteiger partial charge in [0.2, 0.25) is 0 Å². The highest BCUT2D eigenvalue weighted by atomic mass is 16.6. The molecule has 1 aromatic carbocycles. The van der Waals surface area contributed by atoms with Crippen molar-refractivity contribution in [1.82, 2.24) is 5.01 Å². The van der Waals surface area contributed by atoms with Gasteiger partial charge in [-0.15, -0.1) is 0 Å². The van der Waals surface area contributed by atoms with E-state index in [0.29, 0.717) is 17.4 Å². The minimum absolute atomic E-state index is 0.0565. The molecule has 2 bridgehead atoms. The monoisotopic (exact) mass is 337 g/mol. The van der Waals surface area contributed by atoms with Gasteiger partial charge in [-0.3, -0.25) is 19.7 Å². The molecule has 25 heavy (non-hydrogen) atoms. The summed E-state index contributed by atoms with van der Waals surface area (Å²) in [6.45, 7) is 0. The molecule has 7 nitrogen and oxygen atoms in total. The van der Waals surface area contributed by atoms with Crippen LogP contribution in [0.1, 0.15) is 12.0 Å². The first-order chi connectivity index (χ1) is 12.1. The van der Waals surface area contributed by atoms with Gasteiger partial charge in [0.15, 0.2) is 0 Å². The molecule has 2 amide bonds. The standard InChI is InChI=1S/C18H15N3O4/c22-17-15-11-4-5-12(14-7-13(11)14)16(15)18(23)20(17)19-8-9-2-1-3-10(6-9)21(24)25/h1-6,8,11-16H,7H2/t11-,12-,13-,14+,15-,16+/m0/s1. The van der Waals surface area contributed by atoms with Crippen molar-refractivity contribution in [3.8, 4) is 0 Å². The smallest absolute Gasteiger partial charge is 0.270 e. The molecular weight excluding hydrogens is 322 g/mol. The summed E-state index contributed by atoms with van der Waals surface area (Å²) in [6, 6.07) is 5.94. The van der Waals surface area contributed by atoms with Gasteiger partial charge >= 0.3 is 0 Å². The van der Waals surface area contributed by atoms with Crippen molar-refractivity contribution in [1.29, 1.82) is 0 Å². The third-order valence-electron chi connectivity index (χ3n) is 6.04. The van der Waals surface area contributed by atoms with E-state index < -0.39 is 4.92 Å². The summed E-state index contributed by atoms with van der Waals surface area (Å²) in [7, 11) is 0. The molecule has 7 heteroatoms. The molecule has 0 N–H and O–H groups in total. The number of carbonyl (C=O) groups excluding carboxylic acids is 2. The lowest BCUT2D eigenvalue weighted by Crippen LogP contribution is -2.40. The van der Waals surface area contributed by atoms with E-state index in [9.17, 15) is 19.7 Å². The fourth-order valence-electron chi connectivity index (χ4n) is 4.90. The predicted octanol–water partition coefficient (Wildman–Crippen LogP) is 1.98. The van der Waals surface area contributed by atoms with E-state index >= 15 is 0 Å². The van der Waals surface area contributed by atoms with Crippen LogP contribution in [0.3, 0.4) is 0 Å². The summed E-state index contributed by atoms with van der Waals surface area (Å²) < 4.78 is 0. The number of carbonyl (C=O) groups is 2. The van der Waals surface area contributed by atoms with Gasteiger partial charge in [-0.1, -0.05) is 24.3 Å². The second-order valence-electron chi connectivity index (χ2n) is 7.24. The van der Waals surface area contributed by atoms with Gasteiger partial charge in [0.1, 0.15) is 0 Å². The number of hydrogen-bond acceptors (Lipinski definition) is 5. The van der Waals surface area contributed by atoms with Crippen LogP contribution in [0.4, 0.5) is 5.69 Å². The zero-order chi connectivity index (χ0) is 17.3. The summed E-state index contributed by atoms with van der Waals surface area (Å²) in [5.41, 5.74) is 0.424. The van der Waals surface area contributed by atoms with E-state index in [1.807, 2.05) is 0 Å². The average molecular weight is 337 g/mol. The Morgan fingerprint density at radius 3 is 2.36 bits per heavy atom. The molecule has 6 atom stereocenters. The molecule has 2 saturated carbocycles. The van der Waals surface area contributed by atoms with Gasteiger partial charge in [0.25, 0.3) is 17.5 Å². The maximum Gasteiger partial charge on any atom is 0.270 e. The number of rotatable bonds is 3. The molecule has 1 aromatic rings. The van der Waals surface area contributed by atoms with Gasteiger partial charge < -0.3 is 0 Å². The molecule has 0 unspecified atom stereocenters. The number of imide groups is 1. The van der Waals surface area contributed by atoms with Crippen molar-refractivity contribution < 1.29 is 14.5 Å². The Balaban J connectivity index is 1.43. The number of nitro groups is 1. The quantitative estimate of drug-likeness (QED) is 0.277. The fourth-order valence-corrected chi connectivity index (χ4v) is 4.90. The molecule has 1 aliphatic heterocycles. The van der Waals surface area contributed by atoms with Crippen LogP contribution in [0.2, 0.25) is 0 Å². The minimum Gasteiger partial charge on any atom is -0.272 e. The topological polar surface area (TPSA) is 92.9 Å². The number of benzene rings is 1. The maximum atomic E-state index is 12.7. The average Bonchev–Trinajstić information content (AvgIpc) is 3.39. The van der Waals surface area contributed by atoms with E-state index in [-0.39, 0.29) is 41.2 Å². The van der Waals surface area contributed by atoms with Crippen molar-refractivity contribution in [2.75, 3.05) is 0 Å². The van der Waals surface area contributed by atoms with Crippen LogP contribution in [0.15, 0.2) is 41.5 Å². The van der Waals surface area contributed by atoms with E-state index in [2.05, 4.69) is 17.3 Å². The second-order valence-corrected chi connectivity index (χ2v) is 7.24. The molecule has 1 saturated heterocycles. The summed E-state index contributed by atoms with van der Waals surface area (Å²) in [4.78, 5) is 35.8. The molecule has 0 spiro atoms. The van der Waals surface area contributed by atoms with Crippen LogP contribution < -0.4 is 0 Å². The highest BCUT2D eigenvalue weighted by molar-refractivity contribution is 6.06. The van der Waals surface area contributed by atoms with Crippen molar-refractivity contribution in [2.45, 2.75) is 6.42 Å². The number of hydrogen-bond donors (Lipinski definition) is 0. The third kappa shape index (κ3) is 1.95. The Hall–Kier alpha value is -2.83. The summed E-state index contributed by atoms with van der Waals surface area (Å²) in [5, 5.41) is 15.9. The number of non-ortho nitro benzene ring substituents is 1. The Morgan fingerprint density at radius 2 is 1.76 bits per heavy atom. The maximum absolute atomic E-state index is 12.7. The van der Waals surface area contributed by atoms with Crippen molar-refractivity contribution in [3.63, 3.8) is 0 Å². The molecule has 3 fully saturated rings. The van der Waals surface area contributed by atoms with E-state index in [1.54, 1.807) is 12.1 Å². The van der Waals surface area contributed by atoms with Crippen molar-refractivity contribution in [2.24, 2.45) is 40.6 Å². The fraction of sp³-hybridized carbons (Fsp3) is 0.389. The van der Waals surface area contributed by atoms with Crippen molar-refractivity contribution in [3.05, 3.63) is 52.1 Å². The lowest BCUT2D eigenvalue weighted by molar-refractivity contribution is -0.384. The number of amides is 2. The second kappa shape index (κ2) is 4.84. The Labute approximate surface area is 143 Å². The number of nitro benzene ring substituents is 1. The van der Waals surface area contributed by atoms with Gasteiger partial charge in [-0.2, -0.15) is 10.1 Å². The number of nitrogens with zero attached hydrogens (tertiary/aromatic N) is 3. The van der Waals surface area contributed by atoms with E-state index in [0.717, 1.165) is 11.4 Å². The van der Waals surface area contributed by atoms with E-state index in [1.165, 1.54) is 18.3 Å². The zero-order valence-electron chi connectivity index (χ0n) is 13.2.